The van der Waals surface area contributed by atoms with Gasteiger partial charge in [-0.15, -0.1) is 0 Å². The molecule has 8 heteroatoms. The van der Waals surface area contributed by atoms with Crippen LogP contribution in [0.1, 0.15) is 56.9 Å². The van der Waals surface area contributed by atoms with E-state index in [2.05, 4.69) is 5.32 Å². The minimum absolute atomic E-state index is 0.0953. The van der Waals surface area contributed by atoms with Crippen molar-refractivity contribution >= 4 is 28.2 Å². The molecule has 2 aromatic rings. The Labute approximate surface area is 156 Å². The molecular weight excluding hydrogens is 350 g/mol. The van der Waals surface area contributed by atoms with Gasteiger partial charge in [0.25, 0.3) is 5.69 Å². The molecule has 0 atom stereocenters. The van der Waals surface area contributed by atoms with E-state index in [4.69, 9.17) is 4.74 Å². The number of rotatable bonds is 5. The summed E-state index contributed by atoms with van der Waals surface area (Å²) in [5.74, 6) is -0.710. The van der Waals surface area contributed by atoms with Gasteiger partial charge in [-0.1, -0.05) is 0 Å². The Balaban J connectivity index is 2.31. The van der Waals surface area contributed by atoms with Gasteiger partial charge in [0, 0.05) is 23.8 Å². The zero-order valence-electron chi connectivity index (χ0n) is 15.9. The van der Waals surface area contributed by atoms with Crippen LogP contribution in [0.15, 0.2) is 23.1 Å². The lowest BCUT2D eigenvalue weighted by atomic mass is 10.1. The van der Waals surface area contributed by atoms with Gasteiger partial charge in [0.15, 0.2) is 0 Å². The third-order valence-electron chi connectivity index (χ3n) is 4.29. The quantitative estimate of drug-likeness (QED) is 0.488. The standard InChI is InChI=1S/C19H23N3O5/c1-5-27-18(24)13-10-21(11-6-7-11)15-9-14(20-19(2,3)4)16(22(25)26)8-12(15)17(13)23/h8-11,20H,5-7H2,1-4H3. The molecule has 1 aliphatic carbocycles. The Bertz CT molecular complexity index is 983. The minimum atomic E-state index is -0.710. The first-order chi connectivity index (χ1) is 12.6. The van der Waals surface area contributed by atoms with Gasteiger partial charge in [-0.25, -0.2) is 4.79 Å². The van der Waals surface area contributed by atoms with E-state index < -0.39 is 21.9 Å². The number of hydrogen-bond acceptors (Lipinski definition) is 6. The van der Waals surface area contributed by atoms with Crippen LogP contribution in [0, 0.1) is 10.1 Å². The highest BCUT2D eigenvalue weighted by Gasteiger charge is 2.29. The van der Waals surface area contributed by atoms with Crippen LogP contribution in [0.5, 0.6) is 0 Å². The maximum absolute atomic E-state index is 12.9. The van der Waals surface area contributed by atoms with E-state index >= 15 is 0 Å². The van der Waals surface area contributed by atoms with E-state index in [0.29, 0.717) is 11.2 Å². The zero-order chi connectivity index (χ0) is 19.9. The molecule has 1 N–H and O–H groups in total. The van der Waals surface area contributed by atoms with Gasteiger partial charge < -0.3 is 14.6 Å². The van der Waals surface area contributed by atoms with Crippen molar-refractivity contribution in [3.63, 3.8) is 0 Å². The number of anilines is 1. The number of hydrogen-bond donors (Lipinski definition) is 1. The Morgan fingerprint density at radius 2 is 2.04 bits per heavy atom. The SMILES string of the molecule is CCOC(=O)c1cn(C2CC2)c2cc(NC(C)(C)C)c([N+](=O)[O-])cc2c1=O. The molecule has 3 rings (SSSR count). The lowest BCUT2D eigenvalue weighted by molar-refractivity contribution is -0.383. The summed E-state index contributed by atoms with van der Waals surface area (Å²) >= 11 is 0. The molecule has 1 aromatic carbocycles. The number of ether oxygens (including phenoxy) is 1. The number of nitrogens with zero attached hydrogens (tertiary/aromatic N) is 2. The molecule has 0 saturated heterocycles. The van der Waals surface area contributed by atoms with Crippen molar-refractivity contribution in [3.8, 4) is 0 Å². The second kappa shape index (κ2) is 6.68. The fourth-order valence-electron chi connectivity index (χ4n) is 3.05. The number of nitrogens with one attached hydrogen (secondary N) is 1. The molecule has 1 heterocycles. The smallest absolute Gasteiger partial charge is 0.343 e. The lowest BCUT2D eigenvalue weighted by Gasteiger charge is -2.23. The third kappa shape index (κ3) is 3.79. The van der Waals surface area contributed by atoms with Crippen molar-refractivity contribution in [2.45, 2.75) is 52.1 Å². The number of carbonyl (C=O) groups excluding carboxylic acids is 1. The third-order valence-corrected chi connectivity index (χ3v) is 4.29. The van der Waals surface area contributed by atoms with Crippen LogP contribution in [0.25, 0.3) is 10.9 Å². The summed E-state index contributed by atoms with van der Waals surface area (Å²) in [5.41, 5.74) is -0.315. The second-order valence-electron chi connectivity index (χ2n) is 7.75. The average molecular weight is 373 g/mol. The van der Waals surface area contributed by atoms with Gasteiger partial charge >= 0.3 is 5.97 Å². The fourth-order valence-corrected chi connectivity index (χ4v) is 3.05. The topological polar surface area (TPSA) is 103 Å². The summed E-state index contributed by atoms with van der Waals surface area (Å²) in [5, 5.41) is 14.9. The fraction of sp³-hybridized carbons (Fsp3) is 0.474. The summed E-state index contributed by atoms with van der Waals surface area (Å²) in [7, 11) is 0. The van der Waals surface area contributed by atoms with Gasteiger partial charge in [0.1, 0.15) is 11.3 Å². The van der Waals surface area contributed by atoms with Crippen molar-refractivity contribution in [1.29, 1.82) is 0 Å². The van der Waals surface area contributed by atoms with Crippen molar-refractivity contribution in [2.75, 3.05) is 11.9 Å². The molecule has 8 nitrogen and oxygen atoms in total. The number of nitro benzene ring substituents is 1. The summed E-state index contributed by atoms with van der Waals surface area (Å²) in [4.78, 5) is 36.1. The van der Waals surface area contributed by atoms with E-state index in [1.54, 1.807) is 13.0 Å². The molecule has 1 fully saturated rings. The maximum atomic E-state index is 12.9. The predicted molar refractivity (Wildman–Crippen MR) is 102 cm³/mol. The molecule has 1 aromatic heterocycles. The van der Waals surface area contributed by atoms with Gasteiger partial charge in [0.2, 0.25) is 5.43 Å². The van der Waals surface area contributed by atoms with E-state index in [0.717, 1.165) is 12.8 Å². The molecule has 27 heavy (non-hydrogen) atoms. The molecule has 0 radical (unpaired) electrons. The second-order valence-corrected chi connectivity index (χ2v) is 7.75. The molecule has 0 unspecified atom stereocenters. The number of nitro groups is 1. The maximum Gasteiger partial charge on any atom is 0.343 e. The van der Waals surface area contributed by atoms with Crippen molar-refractivity contribution in [1.82, 2.24) is 4.57 Å². The highest BCUT2D eigenvalue weighted by atomic mass is 16.6. The Morgan fingerprint density at radius 3 is 2.56 bits per heavy atom. The van der Waals surface area contributed by atoms with E-state index in [-0.39, 0.29) is 29.3 Å². The highest BCUT2D eigenvalue weighted by Crippen LogP contribution is 2.39. The number of benzene rings is 1. The first kappa shape index (κ1) is 18.9. The van der Waals surface area contributed by atoms with E-state index in [9.17, 15) is 19.7 Å². The minimum Gasteiger partial charge on any atom is -0.462 e. The van der Waals surface area contributed by atoms with Crippen LogP contribution in [-0.2, 0) is 4.74 Å². The molecule has 0 amide bonds. The molecule has 0 spiro atoms. The van der Waals surface area contributed by atoms with Crippen LogP contribution < -0.4 is 10.7 Å². The van der Waals surface area contributed by atoms with Crippen molar-refractivity contribution < 1.29 is 14.5 Å². The number of carbonyl (C=O) groups is 1. The highest BCUT2D eigenvalue weighted by molar-refractivity contribution is 5.96. The molecule has 0 bridgehead atoms. The predicted octanol–water partition coefficient (Wildman–Crippen LogP) is 3.63. The monoisotopic (exact) mass is 373 g/mol. The number of fused-ring (bicyclic) bond motifs is 1. The lowest BCUT2D eigenvalue weighted by Crippen LogP contribution is -2.27. The van der Waals surface area contributed by atoms with Gasteiger partial charge in [-0.3, -0.25) is 14.9 Å². The summed E-state index contributed by atoms with van der Waals surface area (Å²) in [6.45, 7) is 7.51. The Kier molecular flexibility index (Phi) is 4.67. The largest absolute Gasteiger partial charge is 0.462 e. The summed E-state index contributed by atoms with van der Waals surface area (Å²) in [6.07, 6.45) is 3.38. The van der Waals surface area contributed by atoms with Crippen molar-refractivity contribution in [3.05, 3.63) is 44.2 Å². The van der Waals surface area contributed by atoms with Crippen LogP contribution >= 0.6 is 0 Å². The van der Waals surface area contributed by atoms with Gasteiger partial charge in [0.05, 0.1) is 22.4 Å². The van der Waals surface area contributed by atoms with Gasteiger partial charge in [-0.2, -0.15) is 0 Å². The number of aromatic nitrogens is 1. The van der Waals surface area contributed by atoms with E-state index in [1.807, 2.05) is 25.3 Å². The summed E-state index contributed by atoms with van der Waals surface area (Å²) < 4.78 is 6.84. The molecule has 144 valence electrons. The Morgan fingerprint density at radius 1 is 1.37 bits per heavy atom. The number of esters is 1. The van der Waals surface area contributed by atoms with E-state index in [1.165, 1.54) is 12.3 Å². The number of pyridine rings is 1. The zero-order valence-corrected chi connectivity index (χ0v) is 15.9. The van der Waals surface area contributed by atoms with Crippen LogP contribution in [-0.4, -0.2) is 27.6 Å². The first-order valence-corrected chi connectivity index (χ1v) is 8.95. The first-order valence-electron chi connectivity index (χ1n) is 8.95. The van der Waals surface area contributed by atoms with Gasteiger partial charge in [-0.05, 0) is 46.6 Å². The van der Waals surface area contributed by atoms with Crippen LogP contribution in [0.4, 0.5) is 11.4 Å². The molecular formula is C19H23N3O5. The summed E-state index contributed by atoms with van der Waals surface area (Å²) in [6, 6.07) is 3.06. The molecule has 0 aliphatic heterocycles. The van der Waals surface area contributed by atoms with Crippen molar-refractivity contribution in [2.24, 2.45) is 0 Å². The van der Waals surface area contributed by atoms with Crippen LogP contribution in [0.3, 0.4) is 0 Å². The Hall–Kier alpha value is -2.90. The van der Waals surface area contributed by atoms with Crippen LogP contribution in [0.2, 0.25) is 0 Å². The average Bonchev–Trinajstić information content (AvgIpc) is 3.38. The molecule has 1 saturated carbocycles. The normalized spacial score (nSPS) is 14.2. The molecule has 1 aliphatic rings.